The Morgan fingerprint density at radius 1 is 1.33 bits per heavy atom. The first-order chi connectivity index (χ1) is 8.69. The fraction of sp³-hybridized carbons (Fsp3) is 0.786. The van der Waals surface area contributed by atoms with E-state index in [4.69, 9.17) is 0 Å². The average Bonchev–Trinajstić information content (AvgIpc) is 2.74. The third-order valence-electron chi connectivity index (χ3n) is 3.98. The molecule has 2 rings (SSSR count). The Hall–Kier alpha value is -0.870. The molecule has 0 spiro atoms. The lowest BCUT2D eigenvalue weighted by atomic mass is 9.91. The van der Waals surface area contributed by atoms with Crippen LogP contribution in [-0.4, -0.2) is 39.4 Å². The average molecular weight is 251 g/mol. The van der Waals surface area contributed by atoms with E-state index in [1.165, 1.54) is 0 Å². The van der Waals surface area contributed by atoms with Gasteiger partial charge < -0.3 is 10.0 Å². The Bertz CT molecular complexity index is 377. The van der Waals surface area contributed by atoms with Gasteiger partial charge >= 0.3 is 0 Å². The van der Waals surface area contributed by atoms with Gasteiger partial charge in [-0.3, -0.25) is 4.68 Å². The molecule has 1 N–H and O–H groups in total. The van der Waals surface area contributed by atoms with Crippen molar-refractivity contribution in [3.63, 3.8) is 0 Å². The predicted octanol–water partition coefficient (Wildman–Crippen LogP) is 1.99. The lowest BCUT2D eigenvalue weighted by molar-refractivity contribution is 0.0125. The number of rotatable bonds is 4. The van der Waals surface area contributed by atoms with Gasteiger partial charge in [-0.25, -0.2) is 0 Å². The van der Waals surface area contributed by atoms with Crippen LogP contribution in [-0.2, 0) is 12.1 Å². The van der Waals surface area contributed by atoms with Crippen molar-refractivity contribution >= 4 is 0 Å². The molecule has 4 nitrogen and oxygen atoms in total. The van der Waals surface area contributed by atoms with Crippen LogP contribution >= 0.6 is 0 Å². The van der Waals surface area contributed by atoms with E-state index in [2.05, 4.69) is 23.8 Å². The van der Waals surface area contributed by atoms with E-state index >= 15 is 0 Å². The van der Waals surface area contributed by atoms with Crippen molar-refractivity contribution in [1.82, 2.24) is 14.7 Å². The molecule has 4 heteroatoms. The fourth-order valence-corrected chi connectivity index (χ4v) is 2.87. The summed E-state index contributed by atoms with van der Waals surface area (Å²) in [6.07, 6.45) is 5.58. The summed E-state index contributed by atoms with van der Waals surface area (Å²) in [5.74, 6) is 0. The molecule has 1 unspecified atom stereocenters. The minimum absolute atomic E-state index is 0.685. The summed E-state index contributed by atoms with van der Waals surface area (Å²) in [5.41, 5.74) is 0.317. The minimum Gasteiger partial charge on any atom is -0.384 e. The molecule has 1 aromatic rings. The summed E-state index contributed by atoms with van der Waals surface area (Å²) in [6, 6.07) is 1.98. The number of hydrogen-bond donors (Lipinski definition) is 1. The molecule has 1 fully saturated rings. The second-order valence-electron chi connectivity index (χ2n) is 5.26. The van der Waals surface area contributed by atoms with Crippen LogP contribution in [0.5, 0.6) is 0 Å². The van der Waals surface area contributed by atoms with Crippen molar-refractivity contribution in [2.24, 2.45) is 0 Å². The second-order valence-corrected chi connectivity index (χ2v) is 5.26. The zero-order chi connectivity index (χ0) is 13.0. The first kappa shape index (κ1) is 13.6. The summed E-state index contributed by atoms with van der Waals surface area (Å²) in [4.78, 5) is 2.42. The minimum atomic E-state index is -0.685. The number of aromatic nitrogens is 2. The van der Waals surface area contributed by atoms with Gasteiger partial charge in [0.2, 0.25) is 0 Å². The van der Waals surface area contributed by atoms with Crippen molar-refractivity contribution in [3.05, 3.63) is 18.0 Å². The number of aryl methyl sites for hydroxylation is 1. The molecule has 1 aliphatic rings. The lowest BCUT2D eigenvalue weighted by Gasteiger charge is -2.27. The van der Waals surface area contributed by atoms with Crippen LogP contribution in [0.25, 0.3) is 0 Å². The molecular weight excluding hydrogens is 226 g/mol. The topological polar surface area (TPSA) is 41.3 Å². The van der Waals surface area contributed by atoms with Crippen LogP contribution in [0.15, 0.2) is 12.3 Å². The summed E-state index contributed by atoms with van der Waals surface area (Å²) >= 11 is 0. The Balaban J connectivity index is 2.16. The van der Waals surface area contributed by atoms with Crippen molar-refractivity contribution in [1.29, 1.82) is 0 Å². The van der Waals surface area contributed by atoms with E-state index in [0.29, 0.717) is 0 Å². The number of likely N-dealkylation sites (tertiary alicyclic amines) is 1. The van der Waals surface area contributed by atoms with Crippen LogP contribution in [0.3, 0.4) is 0 Å². The highest BCUT2D eigenvalue weighted by Gasteiger charge is 2.34. The largest absolute Gasteiger partial charge is 0.384 e. The summed E-state index contributed by atoms with van der Waals surface area (Å²) in [6.45, 7) is 8.37. The molecule has 0 radical (unpaired) electrons. The molecule has 0 aliphatic carbocycles. The molecule has 0 aromatic carbocycles. The van der Waals surface area contributed by atoms with Crippen molar-refractivity contribution in [2.45, 2.75) is 51.7 Å². The molecule has 0 saturated carbocycles. The summed E-state index contributed by atoms with van der Waals surface area (Å²) in [5, 5.41) is 15.3. The normalized spacial score (nSPS) is 26.2. The molecule has 1 aromatic heterocycles. The molecule has 0 amide bonds. The van der Waals surface area contributed by atoms with Crippen LogP contribution in [0.2, 0.25) is 0 Å². The second kappa shape index (κ2) is 5.85. The van der Waals surface area contributed by atoms with Gasteiger partial charge in [-0.2, -0.15) is 5.10 Å². The molecule has 102 valence electrons. The van der Waals surface area contributed by atoms with E-state index in [9.17, 15) is 5.11 Å². The van der Waals surface area contributed by atoms with E-state index in [-0.39, 0.29) is 0 Å². The highest BCUT2D eigenvalue weighted by Crippen LogP contribution is 2.32. The van der Waals surface area contributed by atoms with Gasteiger partial charge in [0.1, 0.15) is 5.60 Å². The Morgan fingerprint density at radius 2 is 2.17 bits per heavy atom. The highest BCUT2D eigenvalue weighted by molar-refractivity contribution is 5.12. The molecular formula is C14H25N3O. The van der Waals surface area contributed by atoms with Gasteiger partial charge in [0.25, 0.3) is 0 Å². The summed E-state index contributed by atoms with van der Waals surface area (Å²) < 4.78 is 1.97. The van der Waals surface area contributed by atoms with Gasteiger partial charge in [-0.05, 0) is 44.8 Å². The third kappa shape index (κ3) is 2.75. The highest BCUT2D eigenvalue weighted by atomic mass is 16.3. The number of aliphatic hydroxyl groups is 1. The quantitative estimate of drug-likeness (QED) is 0.889. The van der Waals surface area contributed by atoms with E-state index in [0.717, 1.165) is 57.6 Å². The van der Waals surface area contributed by atoms with Crippen LogP contribution in [0, 0.1) is 0 Å². The number of hydrogen-bond acceptors (Lipinski definition) is 3. The zero-order valence-electron chi connectivity index (χ0n) is 11.6. The SMILES string of the molecule is CCCn1nccc1C1(O)CCCN(CC)CC1. The lowest BCUT2D eigenvalue weighted by Crippen LogP contribution is -2.31. The molecule has 2 heterocycles. The van der Waals surface area contributed by atoms with E-state index in [1.54, 1.807) is 0 Å². The molecule has 1 saturated heterocycles. The van der Waals surface area contributed by atoms with Crippen LogP contribution in [0.4, 0.5) is 0 Å². The van der Waals surface area contributed by atoms with E-state index in [1.807, 2.05) is 16.9 Å². The Labute approximate surface area is 110 Å². The molecule has 1 atom stereocenters. The van der Waals surface area contributed by atoms with Crippen molar-refractivity contribution in [2.75, 3.05) is 19.6 Å². The maximum Gasteiger partial charge on any atom is 0.107 e. The summed E-state index contributed by atoms with van der Waals surface area (Å²) in [7, 11) is 0. The van der Waals surface area contributed by atoms with Crippen molar-refractivity contribution in [3.8, 4) is 0 Å². The fourth-order valence-electron chi connectivity index (χ4n) is 2.87. The predicted molar refractivity (Wildman–Crippen MR) is 72.4 cm³/mol. The van der Waals surface area contributed by atoms with Gasteiger partial charge in [-0.1, -0.05) is 13.8 Å². The van der Waals surface area contributed by atoms with Gasteiger partial charge in [-0.15, -0.1) is 0 Å². The zero-order valence-corrected chi connectivity index (χ0v) is 11.6. The number of nitrogens with zero attached hydrogens (tertiary/aromatic N) is 3. The maximum atomic E-state index is 10.9. The van der Waals surface area contributed by atoms with Gasteiger partial charge in [0.05, 0.1) is 5.69 Å². The van der Waals surface area contributed by atoms with Crippen molar-refractivity contribution < 1.29 is 5.11 Å². The Morgan fingerprint density at radius 3 is 2.89 bits per heavy atom. The maximum absolute atomic E-state index is 10.9. The van der Waals surface area contributed by atoms with E-state index < -0.39 is 5.60 Å². The van der Waals surface area contributed by atoms with Crippen LogP contribution < -0.4 is 0 Å². The molecule has 0 bridgehead atoms. The first-order valence-electron chi connectivity index (χ1n) is 7.16. The molecule has 1 aliphatic heterocycles. The van der Waals surface area contributed by atoms with Gasteiger partial charge in [0, 0.05) is 19.3 Å². The third-order valence-corrected chi connectivity index (χ3v) is 3.98. The standard InChI is InChI=1S/C14H25N3O/c1-3-10-17-13(6-9-15-17)14(18)7-5-11-16(4-2)12-8-14/h6,9,18H,3-5,7-8,10-12H2,1-2H3. The first-order valence-corrected chi connectivity index (χ1v) is 7.16. The Kier molecular flexibility index (Phi) is 4.40. The van der Waals surface area contributed by atoms with Crippen LogP contribution in [0.1, 0.15) is 45.2 Å². The monoisotopic (exact) mass is 251 g/mol. The smallest absolute Gasteiger partial charge is 0.107 e. The van der Waals surface area contributed by atoms with Gasteiger partial charge in [0.15, 0.2) is 0 Å². The molecule has 18 heavy (non-hydrogen) atoms.